The van der Waals surface area contributed by atoms with Crippen LogP contribution >= 0.6 is 0 Å². The smallest absolute Gasteiger partial charge is 0.230 e. The molecule has 0 spiro atoms. The van der Waals surface area contributed by atoms with E-state index < -0.39 is 0 Å². The van der Waals surface area contributed by atoms with E-state index in [-0.39, 0.29) is 23.5 Å². The highest BCUT2D eigenvalue weighted by atomic mass is 16.5. The molecule has 98 valence electrons. The molecule has 1 amide bonds. The highest BCUT2D eigenvalue weighted by Gasteiger charge is 2.45. The van der Waals surface area contributed by atoms with Gasteiger partial charge >= 0.3 is 0 Å². The van der Waals surface area contributed by atoms with Gasteiger partial charge in [-0.25, -0.2) is 0 Å². The van der Waals surface area contributed by atoms with E-state index in [2.05, 4.69) is 0 Å². The zero-order valence-corrected chi connectivity index (χ0v) is 10.9. The quantitative estimate of drug-likeness (QED) is 0.748. The van der Waals surface area contributed by atoms with Crippen LogP contribution < -0.4 is 5.73 Å². The highest BCUT2D eigenvalue weighted by molar-refractivity contribution is 5.83. The number of hydrogen-bond acceptors (Lipinski definition) is 3. The number of ether oxygens (including phenoxy) is 1. The SMILES string of the molecule is CC1CN(C(=O)C2(C)CCCC2N)CCCO1. The fourth-order valence-corrected chi connectivity index (χ4v) is 3.00. The first kappa shape index (κ1) is 12.8. The summed E-state index contributed by atoms with van der Waals surface area (Å²) in [5.74, 6) is 0.236. The van der Waals surface area contributed by atoms with Crippen molar-refractivity contribution in [2.45, 2.75) is 51.7 Å². The predicted molar refractivity (Wildman–Crippen MR) is 66.5 cm³/mol. The van der Waals surface area contributed by atoms with Crippen LogP contribution in [0.2, 0.25) is 0 Å². The van der Waals surface area contributed by atoms with Gasteiger partial charge in [0.05, 0.1) is 11.5 Å². The lowest BCUT2D eigenvalue weighted by Gasteiger charge is -2.34. The number of carbonyl (C=O) groups is 1. The van der Waals surface area contributed by atoms with Gasteiger partial charge in [0.25, 0.3) is 0 Å². The van der Waals surface area contributed by atoms with E-state index in [0.717, 1.165) is 38.8 Å². The van der Waals surface area contributed by atoms with Gasteiger partial charge in [-0.15, -0.1) is 0 Å². The molecule has 0 aromatic rings. The third kappa shape index (κ3) is 2.47. The number of carbonyl (C=O) groups excluding carboxylic acids is 1. The molecule has 0 bridgehead atoms. The van der Waals surface area contributed by atoms with Gasteiger partial charge < -0.3 is 15.4 Å². The minimum Gasteiger partial charge on any atom is -0.377 e. The molecule has 2 N–H and O–H groups in total. The molecular formula is C13H24N2O2. The van der Waals surface area contributed by atoms with Crippen molar-refractivity contribution in [2.24, 2.45) is 11.1 Å². The molecule has 0 aromatic heterocycles. The molecule has 3 unspecified atom stereocenters. The summed E-state index contributed by atoms with van der Waals surface area (Å²) in [5.41, 5.74) is 5.77. The molecule has 3 atom stereocenters. The van der Waals surface area contributed by atoms with Gasteiger partial charge in [-0.1, -0.05) is 6.42 Å². The van der Waals surface area contributed by atoms with E-state index in [0.29, 0.717) is 6.54 Å². The fourth-order valence-electron chi connectivity index (χ4n) is 3.00. The van der Waals surface area contributed by atoms with Crippen LogP contribution in [0, 0.1) is 5.41 Å². The second-order valence-electron chi connectivity index (χ2n) is 5.70. The van der Waals surface area contributed by atoms with E-state index in [4.69, 9.17) is 10.5 Å². The van der Waals surface area contributed by atoms with Crippen molar-refractivity contribution in [3.8, 4) is 0 Å². The third-order valence-electron chi connectivity index (χ3n) is 4.26. The first-order chi connectivity index (χ1) is 8.04. The maximum atomic E-state index is 12.6. The average molecular weight is 240 g/mol. The molecule has 17 heavy (non-hydrogen) atoms. The second-order valence-corrected chi connectivity index (χ2v) is 5.70. The van der Waals surface area contributed by atoms with Crippen LogP contribution in [0.3, 0.4) is 0 Å². The Balaban J connectivity index is 2.07. The summed E-state index contributed by atoms with van der Waals surface area (Å²) >= 11 is 0. The molecule has 4 heteroatoms. The first-order valence-corrected chi connectivity index (χ1v) is 6.70. The van der Waals surface area contributed by atoms with Gasteiger partial charge in [0.15, 0.2) is 0 Å². The molecule has 1 saturated carbocycles. The first-order valence-electron chi connectivity index (χ1n) is 6.70. The van der Waals surface area contributed by atoms with Gasteiger partial charge in [0.2, 0.25) is 5.91 Å². The lowest BCUT2D eigenvalue weighted by atomic mass is 9.83. The molecule has 2 rings (SSSR count). The summed E-state index contributed by atoms with van der Waals surface area (Å²) in [6.07, 6.45) is 4.05. The molecule has 1 aliphatic carbocycles. The maximum absolute atomic E-state index is 12.6. The normalized spacial score (nSPS) is 39.1. The largest absolute Gasteiger partial charge is 0.377 e. The van der Waals surface area contributed by atoms with Crippen LogP contribution in [0.5, 0.6) is 0 Å². The van der Waals surface area contributed by atoms with E-state index >= 15 is 0 Å². The van der Waals surface area contributed by atoms with E-state index in [9.17, 15) is 4.79 Å². The Labute approximate surface area is 103 Å². The van der Waals surface area contributed by atoms with Crippen LogP contribution in [0.4, 0.5) is 0 Å². The Hall–Kier alpha value is -0.610. The highest BCUT2D eigenvalue weighted by Crippen LogP contribution is 2.38. The monoisotopic (exact) mass is 240 g/mol. The van der Waals surface area contributed by atoms with Crippen molar-refractivity contribution in [1.29, 1.82) is 0 Å². The summed E-state index contributed by atoms with van der Waals surface area (Å²) in [6, 6.07) is 0.0227. The number of nitrogens with zero attached hydrogens (tertiary/aromatic N) is 1. The summed E-state index contributed by atoms with van der Waals surface area (Å²) in [4.78, 5) is 14.6. The number of nitrogens with two attached hydrogens (primary N) is 1. The molecule has 1 heterocycles. The number of rotatable bonds is 1. The lowest BCUT2D eigenvalue weighted by molar-refractivity contribution is -0.142. The zero-order chi connectivity index (χ0) is 12.5. The fraction of sp³-hybridized carbons (Fsp3) is 0.923. The second kappa shape index (κ2) is 4.94. The number of amides is 1. The van der Waals surface area contributed by atoms with Gasteiger partial charge in [0.1, 0.15) is 0 Å². The Morgan fingerprint density at radius 2 is 2.24 bits per heavy atom. The molecule has 1 aliphatic heterocycles. The number of hydrogen-bond donors (Lipinski definition) is 1. The maximum Gasteiger partial charge on any atom is 0.230 e. The molecule has 2 fully saturated rings. The van der Waals surface area contributed by atoms with E-state index in [1.165, 1.54) is 0 Å². The zero-order valence-electron chi connectivity index (χ0n) is 10.9. The van der Waals surface area contributed by atoms with Gasteiger partial charge in [-0.05, 0) is 33.1 Å². The van der Waals surface area contributed by atoms with Crippen LogP contribution in [-0.4, -0.2) is 42.6 Å². The Morgan fingerprint density at radius 3 is 2.88 bits per heavy atom. The summed E-state index contributed by atoms with van der Waals surface area (Å²) in [6.45, 7) is 6.34. The molecule has 0 radical (unpaired) electrons. The van der Waals surface area contributed by atoms with Crippen molar-refractivity contribution in [3.63, 3.8) is 0 Å². The third-order valence-corrected chi connectivity index (χ3v) is 4.26. The molecular weight excluding hydrogens is 216 g/mol. The van der Waals surface area contributed by atoms with Crippen LogP contribution in [0.1, 0.15) is 39.5 Å². The van der Waals surface area contributed by atoms with Crippen LogP contribution in [0.15, 0.2) is 0 Å². The Morgan fingerprint density at radius 1 is 1.47 bits per heavy atom. The van der Waals surface area contributed by atoms with Crippen LogP contribution in [0.25, 0.3) is 0 Å². The van der Waals surface area contributed by atoms with Gasteiger partial charge in [-0.3, -0.25) is 4.79 Å². The van der Waals surface area contributed by atoms with Crippen molar-refractivity contribution in [2.75, 3.05) is 19.7 Å². The van der Waals surface area contributed by atoms with Gasteiger partial charge in [0, 0.05) is 25.7 Å². The lowest BCUT2D eigenvalue weighted by Crippen LogP contribution is -2.50. The molecule has 1 saturated heterocycles. The summed E-state index contributed by atoms with van der Waals surface area (Å²) in [7, 11) is 0. The minimum atomic E-state index is -0.343. The Kier molecular flexibility index (Phi) is 3.73. The molecule has 0 aromatic carbocycles. The standard InChI is InChI=1S/C13H24N2O2/c1-10-9-15(7-4-8-17-10)12(16)13(2)6-3-5-11(13)14/h10-11H,3-9,14H2,1-2H3. The summed E-state index contributed by atoms with van der Waals surface area (Å²) < 4.78 is 5.58. The topological polar surface area (TPSA) is 55.6 Å². The predicted octanol–water partition coefficient (Wildman–Crippen LogP) is 1.14. The minimum absolute atomic E-state index is 0.0227. The van der Waals surface area contributed by atoms with Crippen LogP contribution in [-0.2, 0) is 9.53 Å². The van der Waals surface area contributed by atoms with Crippen molar-refractivity contribution in [3.05, 3.63) is 0 Å². The average Bonchev–Trinajstić information content (AvgIpc) is 2.52. The van der Waals surface area contributed by atoms with Crippen molar-refractivity contribution >= 4 is 5.91 Å². The van der Waals surface area contributed by atoms with Gasteiger partial charge in [-0.2, -0.15) is 0 Å². The van der Waals surface area contributed by atoms with E-state index in [1.54, 1.807) is 0 Å². The summed E-state index contributed by atoms with van der Waals surface area (Å²) in [5, 5.41) is 0. The van der Waals surface area contributed by atoms with Crippen molar-refractivity contribution in [1.82, 2.24) is 4.90 Å². The Bertz CT molecular complexity index is 295. The van der Waals surface area contributed by atoms with E-state index in [1.807, 2.05) is 18.7 Å². The molecule has 2 aliphatic rings. The van der Waals surface area contributed by atoms with Crippen molar-refractivity contribution < 1.29 is 9.53 Å². The molecule has 4 nitrogen and oxygen atoms in total.